The molecule has 3 N–H and O–H groups in total. The fourth-order valence-electron chi connectivity index (χ4n) is 2.62. The molecule has 0 saturated heterocycles. The molecule has 0 spiro atoms. The standard InChI is InChI=1S/C15H17N5O3/c1-19(2)9-6-4-8(5-7-9)11-10-12(17-14(22)16-11)20(3)15(23)18-13(10)21/h4-7,11H,1-3H3,(H2,16,17,22)(H,18,21,23). The second kappa shape index (κ2) is 5.31. The Morgan fingerprint density at radius 3 is 2.35 bits per heavy atom. The van der Waals surface area contributed by atoms with E-state index in [1.807, 2.05) is 43.3 Å². The number of carbonyl (C=O) groups excluding carboxylic acids is 1. The maximum Gasteiger partial charge on any atom is 0.329 e. The van der Waals surface area contributed by atoms with E-state index in [0.717, 1.165) is 11.3 Å². The van der Waals surface area contributed by atoms with Gasteiger partial charge in [-0.1, -0.05) is 12.1 Å². The molecule has 1 unspecified atom stereocenters. The maximum atomic E-state index is 12.2. The number of urea groups is 1. The van der Waals surface area contributed by atoms with Gasteiger partial charge in [0.15, 0.2) is 0 Å². The summed E-state index contributed by atoms with van der Waals surface area (Å²) in [5.74, 6) is 0.212. The summed E-state index contributed by atoms with van der Waals surface area (Å²) in [5.41, 5.74) is 0.985. The van der Waals surface area contributed by atoms with Crippen LogP contribution in [-0.4, -0.2) is 29.7 Å². The number of amides is 2. The SMILES string of the molecule is CN(C)c1ccc(C2NC(=O)Nc3c2c(=O)[nH]c(=O)n3C)cc1. The van der Waals surface area contributed by atoms with E-state index in [1.54, 1.807) is 0 Å². The number of anilines is 2. The smallest absolute Gasteiger partial charge is 0.329 e. The molecule has 3 rings (SSSR count). The van der Waals surface area contributed by atoms with Crippen molar-refractivity contribution in [3.63, 3.8) is 0 Å². The number of aromatic amines is 1. The maximum absolute atomic E-state index is 12.2. The molecule has 8 nitrogen and oxygen atoms in total. The monoisotopic (exact) mass is 315 g/mol. The van der Waals surface area contributed by atoms with E-state index < -0.39 is 23.3 Å². The van der Waals surface area contributed by atoms with Gasteiger partial charge >= 0.3 is 11.7 Å². The van der Waals surface area contributed by atoms with Crippen molar-refractivity contribution in [3.8, 4) is 0 Å². The predicted molar refractivity (Wildman–Crippen MR) is 87.1 cm³/mol. The highest BCUT2D eigenvalue weighted by Crippen LogP contribution is 2.28. The molecule has 0 radical (unpaired) electrons. The molecule has 1 aliphatic heterocycles. The highest BCUT2D eigenvalue weighted by molar-refractivity contribution is 5.92. The van der Waals surface area contributed by atoms with Gasteiger partial charge in [-0.05, 0) is 17.7 Å². The highest BCUT2D eigenvalue weighted by atomic mass is 16.2. The zero-order valence-electron chi connectivity index (χ0n) is 13.0. The van der Waals surface area contributed by atoms with Gasteiger partial charge in [0, 0.05) is 26.8 Å². The van der Waals surface area contributed by atoms with Crippen LogP contribution in [-0.2, 0) is 7.05 Å². The van der Waals surface area contributed by atoms with Crippen molar-refractivity contribution in [2.45, 2.75) is 6.04 Å². The van der Waals surface area contributed by atoms with Crippen molar-refractivity contribution in [1.82, 2.24) is 14.9 Å². The number of nitrogens with one attached hydrogen (secondary N) is 3. The molecule has 1 aromatic heterocycles. The van der Waals surface area contributed by atoms with Gasteiger partial charge in [-0.15, -0.1) is 0 Å². The number of aromatic nitrogens is 2. The Bertz CT molecular complexity index is 879. The fourth-order valence-corrected chi connectivity index (χ4v) is 2.62. The highest BCUT2D eigenvalue weighted by Gasteiger charge is 2.30. The van der Waals surface area contributed by atoms with Gasteiger partial charge in [-0.25, -0.2) is 9.59 Å². The topological polar surface area (TPSA) is 99.2 Å². The molecule has 1 atom stereocenters. The lowest BCUT2D eigenvalue weighted by Gasteiger charge is -2.28. The number of fused-ring (bicyclic) bond motifs is 1. The van der Waals surface area contributed by atoms with E-state index in [1.165, 1.54) is 11.6 Å². The van der Waals surface area contributed by atoms with Crippen molar-refractivity contribution in [2.75, 3.05) is 24.3 Å². The van der Waals surface area contributed by atoms with Crippen LogP contribution in [0.25, 0.3) is 0 Å². The van der Waals surface area contributed by atoms with Gasteiger partial charge in [0.05, 0.1) is 11.6 Å². The summed E-state index contributed by atoms with van der Waals surface area (Å²) in [5, 5.41) is 5.25. The third kappa shape index (κ3) is 2.48. The van der Waals surface area contributed by atoms with Gasteiger partial charge in [-0.3, -0.25) is 19.7 Å². The summed E-state index contributed by atoms with van der Waals surface area (Å²) in [6.45, 7) is 0. The number of hydrogen-bond donors (Lipinski definition) is 3. The number of carbonyl (C=O) groups is 1. The number of rotatable bonds is 2. The number of nitrogens with zero attached hydrogens (tertiary/aromatic N) is 2. The molecule has 23 heavy (non-hydrogen) atoms. The lowest BCUT2D eigenvalue weighted by Crippen LogP contribution is -2.46. The predicted octanol–water partition coefficient (Wildman–Crippen LogP) is 0.364. The molecule has 0 saturated carbocycles. The number of hydrogen-bond acceptors (Lipinski definition) is 4. The zero-order chi connectivity index (χ0) is 16.7. The van der Waals surface area contributed by atoms with Crippen LogP contribution in [0.5, 0.6) is 0 Å². The van der Waals surface area contributed by atoms with E-state index in [4.69, 9.17) is 0 Å². The third-order valence-electron chi connectivity index (χ3n) is 3.90. The molecule has 2 heterocycles. The minimum Gasteiger partial charge on any atom is -0.378 e. The molecule has 1 aliphatic rings. The van der Waals surface area contributed by atoms with Crippen molar-refractivity contribution in [3.05, 3.63) is 56.2 Å². The minimum atomic E-state index is -0.620. The van der Waals surface area contributed by atoms with Crippen LogP contribution < -0.4 is 26.8 Å². The van der Waals surface area contributed by atoms with E-state index in [-0.39, 0.29) is 5.82 Å². The molecule has 8 heteroatoms. The Hall–Kier alpha value is -3.03. The van der Waals surface area contributed by atoms with E-state index in [2.05, 4.69) is 15.6 Å². The first-order valence-corrected chi connectivity index (χ1v) is 7.06. The Labute approximate surface area is 131 Å². The second-order valence-electron chi connectivity index (χ2n) is 5.60. The number of H-pyrrole nitrogens is 1. The Kier molecular flexibility index (Phi) is 3.44. The van der Waals surface area contributed by atoms with Gasteiger partial charge in [0.2, 0.25) is 0 Å². The van der Waals surface area contributed by atoms with Crippen molar-refractivity contribution in [1.29, 1.82) is 0 Å². The summed E-state index contributed by atoms with van der Waals surface area (Å²) in [6.07, 6.45) is 0. The molecule has 2 aromatic rings. The quantitative estimate of drug-likeness (QED) is 0.745. The molecule has 2 amide bonds. The van der Waals surface area contributed by atoms with Crippen LogP contribution in [0, 0.1) is 0 Å². The average molecular weight is 315 g/mol. The van der Waals surface area contributed by atoms with Crippen LogP contribution in [0.1, 0.15) is 17.2 Å². The van der Waals surface area contributed by atoms with Crippen LogP contribution in [0.4, 0.5) is 16.3 Å². The van der Waals surface area contributed by atoms with Gasteiger partial charge < -0.3 is 10.2 Å². The molecule has 120 valence electrons. The second-order valence-corrected chi connectivity index (χ2v) is 5.60. The summed E-state index contributed by atoms with van der Waals surface area (Å²) in [4.78, 5) is 40.1. The molecular formula is C15H17N5O3. The molecule has 1 aromatic carbocycles. The Morgan fingerprint density at radius 1 is 1.09 bits per heavy atom. The first kappa shape index (κ1) is 14.9. The first-order valence-electron chi connectivity index (χ1n) is 7.06. The first-order chi connectivity index (χ1) is 10.9. The van der Waals surface area contributed by atoms with Crippen molar-refractivity contribution in [2.24, 2.45) is 7.05 Å². The Balaban J connectivity index is 2.16. The Morgan fingerprint density at radius 2 is 1.74 bits per heavy atom. The normalized spacial score (nSPS) is 16.3. The lowest BCUT2D eigenvalue weighted by molar-refractivity contribution is 0.248. The molecule has 0 bridgehead atoms. The van der Waals surface area contributed by atoms with E-state index >= 15 is 0 Å². The van der Waals surface area contributed by atoms with Crippen molar-refractivity contribution < 1.29 is 4.79 Å². The number of benzene rings is 1. The minimum absolute atomic E-state index is 0.212. The van der Waals surface area contributed by atoms with E-state index in [0.29, 0.717) is 5.56 Å². The van der Waals surface area contributed by atoms with Gasteiger partial charge in [0.25, 0.3) is 5.56 Å². The average Bonchev–Trinajstić information content (AvgIpc) is 2.52. The summed E-state index contributed by atoms with van der Waals surface area (Å²) in [7, 11) is 5.35. The van der Waals surface area contributed by atoms with Gasteiger partial charge in [0.1, 0.15) is 5.82 Å². The van der Waals surface area contributed by atoms with Crippen LogP contribution in [0.3, 0.4) is 0 Å². The van der Waals surface area contributed by atoms with Crippen molar-refractivity contribution >= 4 is 17.5 Å². The third-order valence-corrected chi connectivity index (χ3v) is 3.90. The van der Waals surface area contributed by atoms with E-state index in [9.17, 15) is 14.4 Å². The largest absolute Gasteiger partial charge is 0.378 e. The molecule has 0 fully saturated rings. The zero-order valence-corrected chi connectivity index (χ0v) is 13.0. The molecular weight excluding hydrogens is 298 g/mol. The lowest BCUT2D eigenvalue weighted by atomic mass is 9.98. The van der Waals surface area contributed by atoms with Gasteiger partial charge in [-0.2, -0.15) is 0 Å². The summed E-state index contributed by atoms with van der Waals surface area (Å²) >= 11 is 0. The fraction of sp³-hybridized carbons (Fsp3) is 0.267. The van der Waals surface area contributed by atoms with Crippen LogP contribution in [0.2, 0.25) is 0 Å². The van der Waals surface area contributed by atoms with Crippen LogP contribution >= 0.6 is 0 Å². The van der Waals surface area contributed by atoms with Crippen LogP contribution in [0.15, 0.2) is 33.9 Å². The summed E-state index contributed by atoms with van der Waals surface area (Å²) < 4.78 is 1.22. The summed E-state index contributed by atoms with van der Waals surface area (Å²) in [6, 6.07) is 6.42. The molecule has 0 aliphatic carbocycles.